The quantitative estimate of drug-likeness (QED) is 0.691. The third-order valence-electron chi connectivity index (χ3n) is 1.65. The molecule has 0 N–H and O–H groups in total. The van der Waals surface area contributed by atoms with E-state index in [2.05, 4.69) is 18.8 Å². The van der Waals surface area contributed by atoms with Gasteiger partial charge in [0.15, 0.2) is 0 Å². The summed E-state index contributed by atoms with van der Waals surface area (Å²) >= 11 is 0. The van der Waals surface area contributed by atoms with Crippen LogP contribution in [0.3, 0.4) is 0 Å². The summed E-state index contributed by atoms with van der Waals surface area (Å²) in [6.45, 7) is 8.84. The molecule has 1 aromatic heterocycles. The molecule has 1 aromatic rings. The van der Waals surface area contributed by atoms with E-state index >= 15 is 0 Å². The van der Waals surface area contributed by atoms with Gasteiger partial charge >= 0.3 is 0 Å². The normalized spacial score (nSPS) is 10.8. The molecule has 0 unspecified atom stereocenters. The van der Waals surface area contributed by atoms with Crippen molar-refractivity contribution in [2.75, 3.05) is 6.61 Å². The van der Waals surface area contributed by atoms with E-state index in [1.807, 2.05) is 24.6 Å². The Morgan fingerprint density at radius 3 is 2.75 bits per heavy atom. The van der Waals surface area contributed by atoms with Crippen LogP contribution in [-0.2, 0) is 0 Å². The number of hydrogen-bond donors (Lipinski definition) is 0. The van der Waals surface area contributed by atoms with Crippen LogP contribution in [0.1, 0.15) is 32.5 Å². The number of aromatic nitrogens is 2. The van der Waals surface area contributed by atoms with E-state index < -0.39 is 0 Å². The Labute approximate surface area is 73.4 Å². The SMILES string of the molecule is CCOc1nc(C)cn1C(C)C. The lowest BCUT2D eigenvalue weighted by atomic mass is 10.4. The molecule has 0 saturated heterocycles. The van der Waals surface area contributed by atoms with Crippen LogP contribution >= 0.6 is 0 Å². The summed E-state index contributed by atoms with van der Waals surface area (Å²) in [7, 11) is 0. The fourth-order valence-electron chi connectivity index (χ4n) is 1.10. The molecule has 0 saturated carbocycles. The fraction of sp³-hybridized carbons (Fsp3) is 0.667. The highest BCUT2D eigenvalue weighted by atomic mass is 16.5. The molecule has 1 rings (SSSR count). The highest BCUT2D eigenvalue weighted by molar-refractivity contribution is 5.07. The Morgan fingerprint density at radius 2 is 2.25 bits per heavy atom. The van der Waals surface area contributed by atoms with E-state index in [4.69, 9.17) is 4.74 Å². The van der Waals surface area contributed by atoms with Crippen molar-refractivity contribution in [3.8, 4) is 6.01 Å². The van der Waals surface area contributed by atoms with Gasteiger partial charge in [-0.25, -0.2) is 4.98 Å². The van der Waals surface area contributed by atoms with Gasteiger partial charge in [-0.05, 0) is 27.7 Å². The van der Waals surface area contributed by atoms with Crippen molar-refractivity contribution in [1.82, 2.24) is 9.55 Å². The zero-order valence-corrected chi connectivity index (χ0v) is 8.16. The molecular weight excluding hydrogens is 152 g/mol. The van der Waals surface area contributed by atoms with E-state index in [-0.39, 0.29) is 0 Å². The summed E-state index contributed by atoms with van der Waals surface area (Å²) in [5.41, 5.74) is 1.01. The van der Waals surface area contributed by atoms with Gasteiger partial charge in [0.05, 0.1) is 12.3 Å². The highest BCUT2D eigenvalue weighted by Gasteiger charge is 2.07. The number of aryl methyl sites for hydroxylation is 1. The van der Waals surface area contributed by atoms with Crippen LogP contribution in [0.15, 0.2) is 6.20 Å². The van der Waals surface area contributed by atoms with Crippen molar-refractivity contribution in [3.05, 3.63) is 11.9 Å². The van der Waals surface area contributed by atoms with Crippen LogP contribution < -0.4 is 4.74 Å². The molecule has 12 heavy (non-hydrogen) atoms. The third kappa shape index (κ3) is 1.78. The maximum absolute atomic E-state index is 5.37. The van der Waals surface area contributed by atoms with Gasteiger partial charge < -0.3 is 4.74 Å². The standard InChI is InChI=1S/C9H16N2O/c1-5-12-9-10-8(4)6-11(9)7(2)3/h6-7H,5H2,1-4H3. The van der Waals surface area contributed by atoms with Crippen LogP contribution in [0.25, 0.3) is 0 Å². The second kappa shape index (κ2) is 3.61. The Balaban J connectivity index is 2.92. The molecule has 3 heteroatoms. The number of hydrogen-bond acceptors (Lipinski definition) is 2. The van der Waals surface area contributed by atoms with Gasteiger partial charge in [-0.1, -0.05) is 0 Å². The second-order valence-electron chi connectivity index (χ2n) is 3.10. The molecule has 0 radical (unpaired) electrons. The molecule has 0 aliphatic rings. The molecule has 0 amide bonds. The highest BCUT2D eigenvalue weighted by Crippen LogP contribution is 2.16. The lowest BCUT2D eigenvalue weighted by Crippen LogP contribution is -2.04. The van der Waals surface area contributed by atoms with E-state index in [1.165, 1.54) is 0 Å². The van der Waals surface area contributed by atoms with E-state index in [9.17, 15) is 0 Å². The summed E-state index contributed by atoms with van der Waals surface area (Å²) < 4.78 is 7.41. The summed E-state index contributed by atoms with van der Waals surface area (Å²) in [5.74, 6) is 0. The fourth-order valence-corrected chi connectivity index (χ4v) is 1.10. The Morgan fingerprint density at radius 1 is 1.58 bits per heavy atom. The first kappa shape index (κ1) is 9.10. The van der Waals surface area contributed by atoms with Crippen molar-refractivity contribution < 1.29 is 4.74 Å². The van der Waals surface area contributed by atoms with Crippen LogP contribution in [0, 0.1) is 6.92 Å². The Hall–Kier alpha value is -0.990. The lowest BCUT2D eigenvalue weighted by Gasteiger charge is -2.10. The monoisotopic (exact) mass is 168 g/mol. The number of rotatable bonds is 3. The minimum atomic E-state index is 0.410. The second-order valence-corrected chi connectivity index (χ2v) is 3.10. The van der Waals surface area contributed by atoms with Gasteiger partial charge in [-0.2, -0.15) is 0 Å². The first-order chi connectivity index (χ1) is 5.65. The molecule has 0 fully saturated rings. The first-order valence-corrected chi connectivity index (χ1v) is 4.33. The van der Waals surface area contributed by atoms with E-state index in [1.54, 1.807) is 0 Å². The van der Waals surface area contributed by atoms with Crippen LogP contribution in [0.5, 0.6) is 6.01 Å². The molecule has 1 heterocycles. The van der Waals surface area contributed by atoms with Gasteiger partial charge in [-0.3, -0.25) is 4.57 Å². The molecule has 3 nitrogen and oxygen atoms in total. The van der Waals surface area contributed by atoms with Crippen molar-refractivity contribution in [2.45, 2.75) is 33.7 Å². The van der Waals surface area contributed by atoms with Gasteiger partial charge in [0.1, 0.15) is 0 Å². The zero-order chi connectivity index (χ0) is 9.14. The molecular formula is C9H16N2O. The van der Waals surface area contributed by atoms with Gasteiger partial charge in [0.2, 0.25) is 0 Å². The van der Waals surface area contributed by atoms with E-state index in [0.717, 1.165) is 11.7 Å². The summed E-state index contributed by atoms with van der Waals surface area (Å²) in [4.78, 5) is 4.26. The van der Waals surface area contributed by atoms with Crippen molar-refractivity contribution in [1.29, 1.82) is 0 Å². The van der Waals surface area contributed by atoms with Gasteiger partial charge in [-0.15, -0.1) is 0 Å². The number of nitrogens with zero attached hydrogens (tertiary/aromatic N) is 2. The smallest absolute Gasteiger partial charge is 0.296 e. The topological polar surface area (TPSA) is 27.1 Å². The third-order valence-corrected chi connectivity index (χ3v) is 1.65. The maximum Gasteiger partial charge on any atom is 0.296 e. The lowest BCUT2D eigenvalue weighted by molar-refractivity contribution is 0.289. The Bertz CT molecular complexity index is 253. The minimum absolute atomic E-state index is 0.410. The zero-order valence-electron chi connectivity index (χ0n) is 8.16. The van der Waals surface area contributed by atoms with Gasteiger partial charge in [0.25, 0.3) is 6.01 Å². The molecule has 0 spiro atoms. The summed E-state index contributed by atoms with van der Waals surface area (Å²) in [5, 5.41) is 0. The van der Waals surface area contributed by atoms with Gasteiger partial charge in [0, 0.05) is 12.2 Å². The first-order valence-electron chi connectivity index (χ1n) is 4.33. The summed E-state index contributed by atoms with van der Waals surface area (Å²) in [6.07, 6.45) is 2.01. The largest absolute Gasteiger partial charge is 0.465 e. The number of ether oxygens (including phenoxy) is 1. The molecule has 0 aromatic carbocycles. The average Bonchev–Trinajstić information content (AvgIpc) is 2.32. The molecule has 0 aliphatic heterocycles. The van der Waals surface area contributed by atoms with Crippen LogP contribution in [0.2, 0.25) is 0 Å². The van der Waals surface area contributed by atoms with E-state index in [0.29, 0.717) is 12.6 Å². The average molecular weight is 168 g/mol. The Kier molecular flexibility index (Phi) is 2.74. The van der Waals surface area contributed by atoms with Crippen molar-refractivity contribution in [2.24, 2.45) is 0 Å². The maximum atomic E-state index is 5.37. The molecule has 0 aliphatic carbocycles. The molecule has 0 atom stereocenters. The predicted octanol–water partition coefficient (Wildman–Crippen LogP) is 2.17. The molecule has 68 valence electrons. The molecule has 0 bridgehead atoms. The number of imidazole rings is 1. The summed E-state index contributed by atoms with van der Waals surface area (Å²) in [6, 6.07) is 1.14. The van der Waals surface area contributed by atoms with Crippen LogP contribution in [0.4, 0.5) is 0 Å². The predicted molar refractivity (Wildman–Crippen MR) is 48.5 cm³/mol. The van der Waals surface area contributed by atoms with Crippen molar-refractivity contribution in [3.63, 3.8) is 0 Å². The van der Waals surface area contributed by atoms with Crippen molar-refractivity contribution >= 4 is 0 Å². The van der Waals surface area contributed by atoms with Crippen LogP contribution in [-0.4, -0.2) is 16.2 Å². The minimum Gasteiger partial charge on any atom is -0.465 e.